The van der Waals surface area contributed by atoms with E-state index in [1.165, 1.54) is 30.3 Å². The van der Waals surface area contributed by atoms with Gasteiger partial charge in [0.15, 0.2) is 0 Å². The fourth-order valence-corrected chi connectivity index (χ4v) is 1.76. The van der Waals surface area contributed by atoms with Crippen LogP contribution >= 0.6 is 12.2 Å². The molecule has 0 saturated heterocycles. The van der Waals surface area contributed by atoms with Gasteiger partial charge in [0.2, 0.25) is 0 Å². The number of carboxylic acid groups (broad SMARTS) is 1. The molecule has 0 radical (unpaired) electrons. The van der Waals surface area contributed by atoms with Crippen LogP contribution in [0.25, 0.3) is 0 Å². The standard InChI is InChI=1S/C15H11NO5S/c16-13(22)9-5-7-10(8-6-9)20-15(19)21-12-4-2-1-3-11(12)14(17)18/h1-8H,(H2,16,22)(H,17,18). The number of hydrogen-bond acceptors (Lipinski definition) is 5. The van der Waals surface area contributed by atoms with E-state index in [1.807, 2.05) is 0 Å². The average molecular weight is 317 g/mol. The van der Waals surface area contributed by atoms with E-state index in [0.29, 0.717) is 5.56 Å². The third-order valence-electron chi connectivity index (χ3n) is 2.65. The lowest BCUT2D eigenvalue weighted by Gasteiger charge is -2.08. The molecule has 0 atom stereocenters. The van der Waals surface area contributed by atoms with E-state index in [2.05, 4.69) is 0 Å². The topological polar surface area (TPSA) is 98.9 Å². The van der Waals surface area contributed by atoms with Gasteiger partial charge >= 0.3 is 12.1 Å². The molecule has 0 aliphatic heterocycles. The van der Waals surface area contributed by atoms with Gasteiger partial charge in [-0.1, -0.05) is 24.4 Å². The van der Waals surface area contributed by atoms with Gasteiger partial charge in [-0.3, -0.25) is 0 Å². The summed E-state index contributed by atoms with van der Waals surface area (Å²) < 4.78 is 9.85. The molecule has 3 N–H and O–H groups in total. The highest BCUT2D eigenvalue weighted by Gasteiger charge is 2.15. The summed E-state index contributed by atoms with van der Waals surface area (Å²) in [6.07, 6.45) is -1.04. The molecule has 7 heteroatoms. The van der Waals surface area contributed by atoms with Gasteiger partial charge in [-0.2, -0.15) is 0 Å². The number of para-hydroxylation sites is 1. The molecule has 0 heterocycles. The van der Waals surface area contributed by atoms with Crippen LogP contribution in [0.5, 0.6) is 11.5 Å². The number of aromatic carboxylic acids is 1. The number of rotatable bonds is 4. The summed E-state index contributed by atoms with van der Waals surface area (Å²) in [4.78, 5) is 22.9. The second-order valence-electron chi connectivity index (χ2n) is 4.14. The summed E-state index contributed by atoms with van der Waals surface area (Å²) in [5.41, 5.74) is 5.95. The summed E-state index contributed by atoms with van der Waals surface area (Å²) in [5, 5.41) is 8.99. The fraction of sp³-hybridized carbons (Fsp3) is 0. The van der Waals surface area contributed by atoms with Gasteiger partial charge in [-0.25, -0.2) is 9.59 Å². The smallest absolute Gasteiger partial charge is 0.478 e. The predicted molar refractivity (Wildman–Crippen MR) is 82.4 cm³/mol. The first-order valence-corrected chi connectivity index (χ1v) is 6.50. The van der Waals surface area contributed by atoms with Crippen LogP contribution in [-0.4, -0.2) is 22.2 Å². The van der Waals surface area contributed by atoms with Crippen molar-refractivity contribution in [2.45, 2.75) is 0 Å². The van der Waals surface area contributed by atoms with Crippen molar-refractivity contribution in [2.75, 3.05) is 0 Å². The van der Waals surface area contributed by atoms with Crippen molar-refractivity contribution >= 4 is 29.3 Å². The van der Waals surface area contributed by atoms with Gasteiger partial charge in [0.1, 0.15) is 22.1 Å². The van der Waals surface area contributed by atoms with E-state index in [4.69, 9.17) is 32.5 Å². The Morgan fingerprint density at radius 3 is 2.23 bits per heavy atom. The molecule has 2 aromatic rings. The monoisotopic (exact) mass is 317 g/mol. The quantitative estimate of drug-likeness (QED) is 0.508. The Balaban J connectivity index is 2.07. The van der Waals surface area contributed by atoms with Crippen LogP contribution in [0.1, 0.15) is 15.9 Å². The van der Waals surface area contributed by atoms with Gasteiger partial charge in [-0.15, -0.1) is 0 Å². The molecule has 6 nitrogen and oxygen atoms in total. The second-order valence-corrected chi connectivity index (χ2v) is 4.58. The highest BCUT2D eigenvalue weighted by atomic mass is 32.1. The van der Waals surface area contributed by atoms with Crippen LogP contribution in [0, 0.1) is 0 Å². The minimum absolute atomic E-state index is 0.0974. The molecule has 2 aromatic carbocycles. The van der Waals surface area contributed by atoms with E-state index >= 15 is 0 Å². The van der Waals surface area contributed by atoms with Gasteiger partial charge in [0, 0.05) is 5.56 Å². The third-order valence-corrected chi connectivity index (χ3v) is 2.89. The lowest BCUT2D eigenvalue weighted by atomic mass is 10.2. The van der Waals surface area contributed by atoms with Gasteiger partial charge in [0.05, 0.1) is 0 Å². The SMILES string of the molecule is NC(=S)c1ccc(OC(=O)Oc2ccccc2C(=O)O)cc1. The van der Waals surface area contributed by atoms with Crippen LogP contribution in [0.2, 0.25) is 0 Å². The number of carbonyl (C=O) groups excluding carboxylic acids is 1. The minimum atomic E-state index is -1.20. The number of carbonyl (C=O) groups is 2. The average Bonchev–Trinajstić information content (AvgIpc) is 2.48. The van der Waals surface area contributed by atoms with E-state index in [-0.39, 0.29) is 22.1 Å². The van der Waals surface area contributed by atoms with Crippen molar-refractivity contribution in [3.05, 3.63) is 59.7 Å². The molecule has 0 spiro atoms. The first kappa shape index (κ1) is 15.5. The number of ether oxygens (including phenoxy) is 2. The van der Waals surface area contributed by atoms with Gasteiger partial charge in [-0.05, 0) is 36.4 Å². The molecule has 112 valence electrons. The number of nitrogens with two attached hydrogens (primary N) is 1. The molecule has 0 aliphatic rings. The summed E-state index contributed by atoms with van der Waals surface area (Å²) in [7, 11) is 0. The lowest BCUT2D eigenvalue weighted by Crippen LogP contribution is -2.16. The van der Waals surface area contributed by atoms with E-state index in [1.54, 1.807) is 18.2 Å². The van der Waals surface area contributed by atoms with Crippen LogP contribution in [0.15, 0.2) is 48.5 Å². The van der Waals surface area contributed by atoms with Crippen molar-refractivity contribution in [1.82, 2.24) is 0 Å². The zero-order valence-electron chi connectivity index (χ0n) is 11.2. The zero-order valence-corrected chi connectivity index (χ0v) is 12.0. The molecule has 22 heavy (non-hydrogen) atoms. The normalized spacial score (nSPS) is 9.82. The van der Waals surface area contributed by atoms with Crippen molar-refractivity contribution in [2.24, 2.45) is 5.73 Å². The number of carboxylic acids is 1. The first-order valence-electron chi connectivity index (χ1n) is 6.09. The molecule has 0 unspecified atom stereocenters. The Morgan fingerprint density at radius 1 is 1.00 bits per heavy atom. The minimum Gasteiger partial charge on any atom is -0.478 e. The largest absolute Gasteiger partial charge is 0.519 e. The Hall–Kier alpha value is -2.93. The summed E-state index contributed by atoms with van der Waals surface area (Å²) in [6.45, 7) is 0. The molecule has 0 aliphatic carbocycles. The van der Waals surface area contributed by atoms with E-state index in [0.717, 1.165) is 0 Å². The third kappa shape index (κ3) is 3.80. The predicted octanol–water partition coefficient (Wildman–Crippen LogP) is 2.60. The fourth-order valence-electron chi connectivity index (χ4n) is 1.63. The van der Waals surface area contributed by atoms with Gasteiger partial charge < -0.3 is 20.3 Å². The molecule has 0 amide bonds. The maximum absolute atomic E-state index is 11.7. The highest BCUT2D eigenvalue weighted by molar-refractivity contribution is 7.80. The zero-order chi connectivity index (χ0) is 16.1. The van der Waals surface area contributed by atoms with Crippen molar-refractivity contribution in [1.29, 1.82) is 0 Å². The Kier molecular flexibility index (Phi) is 4.70. The van der Waals surface area contributed by atoms with Crippen LogP contribution < -0.4 is 15.2 Å². The van der Waals surface area contributed by atoms with Crippen LogP contribution in [0.4, 0.5) is 4.79 Å². The van der Waals surface area contributed by atoms with E-state index < -0.39 is 12.1 Å². The van der Waals surface area contributed by atoms with E-state index in [9.17, 15) is 9.59 Å². The Bertz CT molecular complexity index is 727. The molecule has 0 fully saturated rings. The second kappa shape index (κ2) is 6.68. The Morgan fingerprint density at radius 2 is 1.64 bits per heavy atom. The molecular formula is C15H11NO5S. The number of thiocarbonyl (C=S) groups is 1. The maximum Gasteiger partial charge on any atom is 0.519 e. The Labute approximate surface area is 131 Å². The van der Waals surface area contributed by atoms with Crippen molar-refractivity contribution < 1.29 is 24.2 Å². The van der Waals surface area contributed by atoms with Crippen LogP contribution in [-0.2, 0) is 0 Å². The number of hydrogen-bond donors (Lipinski definition) is 2. The summed E-state index contributed by atoms with van der Waals surface area (Å²) in [5.74, 6) is -1.08. The highest BCUT2D eigenvalue weighted by Crippen LogP contribution is 2.19. The molecule has 2 rings (SSSR count). The summed E-state index contributed by atoms with van der Waals surface area (Å²) >= 11 is 4.81. The summed E-state index contributed by atoms with van der Waals surface area (Å²) in [6, 6.07) is 11.9. The van der Waals surface area contributed by atoms with Crippen molar-refractivity contribution in [3.63, 3.8) is 0 Å². The molecule has 0 saturated carbocycles. The first-order chi connectivity index (χ1) is 10.5. The lowest BCUT2D eigenvalue weighted by molar-refractivity contribution is 0.0693. The molecule has 0 bridgehead atoms. The van der Waals surface area contributed by atoms with Gasteiger partial charge in [0.25, 0.3) is 0 Å². The number of benzene rings is 2. The molecular weight excluding hydrogens is 306 g/mol. The van der Waals surface area contributed by atoms with Crippen molar-refractivity contribution in [3.8, 4) is 11.5 Å². The molecule has 0 aromatic heterocycles. The maximum atomic E-state index is 11.7. The van der Waals surface area contributed by atoms with Crippen LogP contribution in [0.3, 0.4) is 0 Å².